The molecule has 76 valence electrons. The maximum atomic E-state index is 12.9. The fraction of sp³-hybridized carbons (Fsp3) is 0.455. The first-order chi connectivity index (χ1) is 6.58. The van der Waals surface area contributed by atoms with Gasteiger partial charge in [0.05, 0.1) is 0 Å². The number of hydrogen-bond acceptors (Lipinski definition) is 1. The van der Waals surface area contributed by atoms with Crippen molar-refractivity contribution in [3.63, 3.8) is 0 Å². The predicted molar refractivity (Wildman–Crippen MR) is 58.4 cm³/mol. The van der Waals surface area contributed by atoms with E-state index in [0.717, 1.165) is 22.9 Å². The molecule has 0 aromatic heterocycles. The summed E-state index contributed by atoms with van der Waals surface area (Å²) in [6.07, 6.45) is 2.09. The maximum absolute atomic E-state index is 12.9. The lowest BCUT2D eigenvalue weighted by molar-refractivity contribution is 0.601. The van der Waals surface area contributed by atoms with Crippen molar-refractivity contribution in [3.05, 3.63) is 34.1 Å². The molecule has 2 unspecified atom stereocenters. The average molecular weight is 258 g/mol. The summed E-state index contributed by atoms with van der Waals surface area (Å²) in [5.41, 5.74) is 7.03. The van der Waals surface area contributed by atoms with Crippen LogP contribution < -0.4 is 5.73 Å². The molecule has 2 N–H and O–H groups in total. The molecule has 1 aromatic carbocycles. The summed E-state index contributed by atoms with van der Waals surface area (Å²) in [5.74, 6) is 0.321. The van der Waals surface area contributed by atoms with E-state index in [2.05, 4.69) is 22.9 Å². The van der Waals surface area contributed by atoms with Crippen LogP contribution in [-0.4, -0.2) is 0 Å². The molecule has 3 heteroatoms. The predicted octanol–water partition coefficient (Wildman–Crippen LogP) is 3.17. The van der Waals surface area contributed by atoms with Gasteiger partial charge in [-0.25, -0.2) is 4.39 Å². The Bertz CT molecular complexity index is 366. The molecule has 0 heterocycles. The van der Waals surface area contributed by atoms with Crippen LogP contribution in [0.4, 0.5) is 4.39 Å². The van der Waals surface area contributed by atoms with E-state index in [1.165, 1.54) is 12.1 Å². The minimum absolute atomic E-state index is 0.221. The highest BCUT2D eigenvalue weighted by Gasteiger charge is 2.51. The van der Waals surface area contributed by atoms with Crippen LogP contribution >= 0.6 is 15.9 Å². The molecule has 1 fully saturated rings. The SMILES string of the molecule is CCC1CC1(N)c1ccc(F)cc1Br. The third-order valence-electron chi connectivity index (χ3n) is 3.08. The Morgan fingerprint density at radius 2 is 2.36 bits per heavy atom. The van der Waals surface area contributed by atoms with Gasteiger partial charge in [-0.15, -0.1) is 0 Å². The first-order valence-electron chi connectivity index (χ1n) is 4.82. The quantitative estimate of drug-likeness (QED) is 0.866. The minimum atomic E-state index is -0.224. The van der Waals surface area contributed by atoms with Gasteiger partial charge in [0.1, 0.15) is 5.82 Å². The summed E-state index contributed by atoms with van der Waals surface area (Å²) in [6, 6.07) is 4.74. The standard InChI is InChI=1S/C11H13BrFN/c1-2-7-6-11(7,14)9-4-3-8(13)5-10(9)12/h3-5,7H,2,6,14H2,1H3. The fourth-order valence-corrected chi connectivity index (χ4v) is 2.77. The van der Waals surface area contributed by atoms with Gasteiger partial charge in [0, 0.05) is 10.0 Å². The lowest BCUT2D eigenvalue weighted by atomic mass is 10.0. The number of rotatable bonds is 2. The summed E-state index contributed by atoms with van der Waals surface area (Å²) in [5, 5.41) is 0. The molecule has 2 rings (SSSR count). The van der Waals surface area contributed by atoms with Crippen molar-refractivity contribution < 1.29 is 4.39 Å². The number of benzene rings is 1. The maximum Gasteiger partial charge on any atom is 0.124 e. The molecule has 1 aliphatic carbocycles. The van der Waals surface area contributed by atoms with Crippen LogP contribution in [0.5, 0.6) is 0 Å². The van der Waals surface area contributed by atoms with Crippen LogP contribution in [0.25, 0.3) is 0 Å². The first kappa shape index (κ1) is 10.1. The molecular weight excluding hydrogens is 245 g/mol. The highest BCUT2D eigenvalue weighted by Crippen LogP contribution is 2.53. The van der Waals surface area contributed by atoms with Crippen LogP contribution in [0.15, 0.2) is 22.7 Å². The molecule has 0 spiro atoms. The zero-order valence-electron chi connectivity index (χ0n) is 8.06. The van der Waals surface area contributed by atoms with E-state index in [-0.39, 0.29) is 11.4 Å². The Balaban J connectivity index is 2.34. The summed E-state index contributed by atoms with van der Waals surface area (Å²) >= 11 is 3.36. The molecule has 1 aromatic rings. The van der Waals surface area contributed by atoms with Crippen LogP contribution in [0, 0.1) is 11.7 Å². The van der Waals surface area contributed by atoms with Gasteiger partial charge >= 0.3 is 0 Å². The largest absolute Gasteiger partial charge is 0.321 e. The molecule has 0 saturated heterocycles. The van der Waals surface area contributed by atoms with E-state index < -0.39 is 0 Å². The summed E-state index contributed by atoms with van der Waals surface area (Å²) in [7, 11) is 0. The van der Waals surface area contributed by atoms with Crippen LogP contribution in [-0.2, 0) is 5.54 Å². The Morgan fingerprint density at radius 3 is 2.86 bits per heavy atom. The Hall–Kier alpha value is -0.410. The van der Waals surface area contributed by atoms with Crippen molar-refractivity contribution in [2.45, 2.75) is 25.3 Å². The molecular formula is C11H13BrFN. The molecule has 2 atom stereocenters. The Morgan fingerprint density at radius 1 is 1.64 bits per heavy atom. The van der Waals surface area contributed by atoms with Gasteiger partial charge in [-0.1, -0.05) is 35.3 Å². The normalized spacial score (nSPS) is 30.4. The third kappa shape index (κ3) is 1.48. The highest BCUT2D eigenvalue weighted by molar-refractivity contribution is 9.10. The van der Waals surface area contributed by atoms with E-state index in [1.807, 2.05) is 0 Å². The van der Waals surface area contributed by atoms with E-state index in [4.69, 9.17) is 5.73 Å². The molecule has 1 saturated carbocycles. The monoisotopic (exact) mass is 257 g/mol. The molecule has 0 bridgehead atoms. The lowest BCUT2D eigenvalue weighted by Gasteiger charge is -2.13. The molecule has 1 nitrogen and oxygen atoms in total. The van der Waals surface area contributed by atoms with Crippen molar-refractivity contribution in [1.82, 2.24) is 0 Å². The summed E-state index contributed by atoms with van der Waals surface area (Å²) in [4.78, 5) is 0. The van der Waals surface area contributed by atoms with Crippen LogP contribution in [0.2, 0.25) is 0 Å². The van der Waals surface area contributed by atoms with Gasteiger partial charge in [-0.05, 0) is 30.0 Å². The van der Waals surface area contributed by atoms with Gasteiger partial charge in [-0.2, -0.15) is 0 Å². The molecule has 1 aliphatic rings. The fourth-order valence-electron chi connectivity index (χ4n) is 2.05. The van der Waals surface area contributed by atoms with Crippen LogP contribution in [0.1, 0.15) is 25.3 Å². The molecule has 0 aliphatic heterocycles. The van der Waals surface area contributed by atoms with E-state index in [0.29, 0.717) is 5.92 Å². The second-order valence-electron chi connectivity index (χ2n) is 3.97. The van der Waals surface area contributed by atoms with Crippen molar-refractivity contribution in [3.8, 4) is 0 Å². The van der Waals surface area contributed by atoms with Gasteiger partial charge < -0.3 is 5.73 Å². The number of nitrogens with two attached hydrogens (primary N) is 1. The molecule has 0 amide bonds. The average Bonchev–Trinajstić information content (AvgIpc) is 2.77. The van der Waals surface area contributed by atoms with Gasteiger partial charge in [0.25, 0.3) is 0 Å². The van der Waals surface area contributed by atoms with E-state index >= 15 is 0 Å². The topological polar surface area (TPSA) is 26.0 Å². The van der Waals surface area contributed by atoms with Gasteiger partial charge in [-0.3, -0.25) is 0 Å². The lowest BCUT2D eigenvalue weighted by Crippen LogP contribution is -2.22. The smallest absolute Gasteiger partial charge is 0.124 e. The number of hydrogen-bond donors (Lipinski definition) is 1. The Labute approximate surface area is 91.6 Å². The van der Waals surface area contributed by atoms with E-state index in [1.54, 1.807) is 6.07 Å². The number of halogens is 2. The summed E-state index contributed by atoms with van der Waals surface area (Å²) < 4.78 is 13.7. The highest BCUT2D eigenvalue weighted by atomic mass is 79.9. The zero-order valence-corrected chi connectivity index (χ0v) is 9.64. The van der Waals surface area contributed by atoms with Crippen molar-refractivity contribution in [2.24, 2.45) is 11.7 Å². The van der Waals surface area contributed by atoms with Gasteiger partial charge in [0.15, 0.2) is 0 Å². The second kappa shape index (κ2) is 3.31. The second-order valence-corrected chi connectivity index (χ2v) is 4.83. The minimum Gasteiger partial charge on any atom is -0.321 e. The first-order valence-corrected chi connectivity index (χ1v) is 5.61. The van der Waals surface area contributed by atoms with Crippen molar-refractivity contribution >= 4 is 15.9 Å². The summed E-state index contributed by atoms with van der Waals surface area (Å²) in [6.45, 7) is 2.14. The van der Waals surface area contributed by atoms with Crippen molar-refractivity contribution in [2.75, 3.05) is 0 Å². The third-order valence-corrected chi connectivity index (χ3v) is 3.73. The van der Waals surface area contributed by atoms with Crippen molar-refractivity contribution in [1.29, 1.82) is 0 Å². The molecule has 0 radical (unpaired) electrons. The van der Waals surface area contributed by atoms with Gasteiger partial charge in [0.2, 0.25) is 0 Å². The molecule has 14 heavy (non-hydrogen) atoms. The zero-order chi connectivity index (χ0) is 10.3. The Kier molecular flexibility index (Phi) is 2.40. The van der Waals surface area contributed by atoms with E-state index in [9.17, 15) is 4.39 Å². The van der Waals surface area contributed by atoms with Crippen LogP contribution in [0.3, 0.4) is 0 Å².